The molecule has 4 aromatic rings. The zero-order chi connectivity index (χ0) is 25.4. The Balaban J connectivity index is 1.50. The lowest BCUT2D eigenvalue weighted by atomic mass is 9.95. The first-order valence-corrected chi connectivity index (χ1v) is 12.2. The van der Waals surface area contributed by atoms with Gasteiger partial charge in [0, 0.05) is 29.4 Å². The Labute approximate surface area is 210 Å². The molecular weight excluding hydrogens is 484 g/mol. The van der Waals surface area contributed by atoms with Gasteiger partial charge in [0.25, 0.3) is 11.5 Å². The SMILES string of the molecule is Cn1c(=O)c2ccc(C(=O)NC3CCCCC3)cc2n2c(=O)n(CC(=O)Nc3ccc(Cl)cc3)nc12. The van der Waals surface area contributed by atoms with E-state index >= 15 is 0 Å². The quantitative estimate of drug-likeness (QED) is 0.429. The van der Waals surface area contributed by atoms with Crippen molar-refractivity contribution in [3.8, 4) is 0 Å². The van der Waals surface area contributed by atoms with E-state index in [2.05, 4.69) is 15.7 Å². The van der Waals surface area contributed by atoms with E-state index in [4.69, 9.17) is 11.6 Å². The molecule has 1 saturated carbocycles. The predicted molar refractivity (Wildman–Crippen MR) is 137 cm³/mol. The molecule has 2 N–H and O–H groups in total. The molecule has 11 heteroatoms. The average molecular weight is 509 g/mol. The van der Waals surface area contributed by atoms with Crippen molar-refractivity contribution < 1.29 is 9.59 Å². The van der Waals surface area contributed by atoms with Crippen molar-refractivity contribution in [1.29, 1.82) is 0 Å². The molecule has 1 aliphatic rings. The number of anilines is 1. The fourth-order valence-electron chi connectivity index (χ4n) is 4.62. The lowest BCUT2D eigenvalue weighted by Crippen LogP contribution is -2.36. The molecule has 2 heterocycles. The first kappa shape index (κ1) is 23.8. The molecule has 0 radical (unpaired) electrons. The van der Waals surface area contributed by atoms with E-state index in [1.165, 1.54) is 28.5 Å². The standard InChI is InChI=1S/C25H25ClN6O4/c1-30-23(35)19-12-7-15(22(34)28-17-5-3-2-4-6-17)13-20(19)32-24(30)29-31(25(32)36)14-21(33)27-18-10-8-16(26)9-11-18/h7-13,17H,2-6,14H2,1H3,(H,27,33)(H,28,34). The van der Waals surface area contributed by atoms with Crippen LogP contribution in [0, 0.1) is 0 Å². The van der Waals surface area contributed by atoms with Gasteiger partial charge in [-0.15, -0.1) is 5.10 Å². The Morgan fingerprint density at radius 3 is 2.50 bits per heavy atom. The van der Waals surface area contributed by atoms with Gasteiger partial charge in [-0.2, -0.15) is 0 Å². The van der Waals surface area contributed by atoms with Crippen LogP contribution >= 0.6 is 11.6 Å². The van der Waals surface area contributed by atoms with Crippen molar-refractivity contribution >= 4 is 45.8 Å². The van der Waals surface area contributed by atoms with Gasteiger partial charge in [-0.1, -0.05) is 30.9 Å². The van der Waals surface area contributed by atoms with Crippen molar-refractivity contribution in [1.82, 2.24) is 24.1 Å². The van der Waals surface area contributed by atoms with Crippen LogP contribution in [0.4, 0.5) is 5.69 Å². The Kier molecular flexibility index (Phi) is 6.36. The third-order valence-electron chi connectivity index (χ3n) is 6.52. The van der Waals surface area contributed by atoms with Crippen LogP contribution in [-0.2, 0) is 18.4 Å². The summed E-state index contributed by atoms with van der Waals surface area (Å²) in [5.41, 5.74) is 0.176. The molecule has 1 aliphatic carbocycles. The highest BCUT2D eigenvalue weighted by molar-refractivity contribution is 6.30. The molecule has 2 aromatic carbocycles. The number of hydrogen-bond donors (Lipinski definition) is 2. The zero-order valence-electron chi connectivity index (χ0n) is 19.7. The largest absolute Gasteiger partial charge is 0.352 e. The van der Waals surface area contributed by atoms with Crippen LogP contribution in [0.5, 0.6) is 0 Å². The number of rotatable bonds is 5. The number of aromatic nitrogens is 4. The van der Waals surface area contributed by atoms with Gasteiger partial charge in [-0.25, -0.2) is 13.9 Å². The number of benzene rings is 2. The van der Waals surface area contributed by atoms with Crippen LogP contribution in [0.2, 0.25) is 5.02 Å². The second kappa shape index (κ2) is 9.62. The van der Waals surface area contributed by atoms with E-state index in [9.17, 15) is 19.2 Å². The Bertz CT molecular complexity index is 1600. The van der Waals surface area contributed by atoms with E-state index in [0.29, 0.717) is 16.3 Å². The monoisotopic (exact) mass is 508 g/mol. The van der Waals surface area contributed by atoms with Gasteiger partial charge < -0.3 is 10.6 Å². The highest BCUT2D eigenvalue weighted by Crippen LogP contribution is 2.19. The molecule has 10 nitrogen and oxygen atoms in total. The molecule has 186 valence electrons. The first-order valence-electron chi connectivity index (χ1n) is 11.8. The minimum absolute atomic E-state index is 0.0710. The first-order chi connectivity index (χ1) is 17.3. The topological polar surface area (TPSA) is 120 Å². The number of hydrogen-bond acceptors (Lipinski definition) is 5. The fourth-order valence-corrected chi connectivity index (χ4v) is 4.75. The number of fused-ring (bicyclic) bond motifs is 3. The predicted octanol–water partition coefficient (Wildman–Crippen LogP) is 2.70. The summed E-state index contributed by atoms with van der Waals surface area (Å²) in [6, 6.07) is 11.3. The zero-order valence-corrected chi connectivity index (χ0v) is 20.4. The van der Waals surface area contributed by atoms with E-state index in [1.807, 2.05) is 0 Å². The summed E-state index contributed by atoms with van der Waals surface area (Å²) in [5.74, 6) is -0.647. The number of nitrogens with one attached hydrogen (secondary N) is 2. The molecule has 2 amide bonds. The van der Waals surface area contributed by atoms with E-state index in [1.54, 1.807) is 36.4 Å². The van der Waals surface area contributed by atoms with Gasteiger partial charge in [-0.05, 0) is 55.3 Å². The maximum atomic E-state index is 13.3. The Morgan fingerprint density at radius 1 is 1.06 bits per heavy atom. The van der Waals surface area contributed by atoms with Crippen LogP contribution in [0.15, 0.2) is 52.1 Å². The summed E-state index contributed by atoms with van der Waals surface area (Å²) in [6.07, 6.45) is 5.22. The summed E-state index contributed by atoms with van der Waals surface area (Å²) in [6.45, 7) is -0.360. The maximum Gasteiger partial charge on any atom is 0.352 e. The van der Waals surface area contributed by atoms with Crippen LogP contribution in [-0.4, -0.2) is 36.6 Å². The van der Waals surface area contributed by atoms with Crippen LogP contribution in [0.25, 0.3) is 16.7 Å². The Hall–Kier alpha value is -3.92. The minimum Gasteiger partial charge on any atom is -0.349 e. The summed E-state index contributed by atoms with van der Waals surface area (Å²) < 4.78 is 3.50. The van der Waals surface area contributed by atoms with E-state index in [-0.39, 0.29) is 40.7 Å². The lowest BCUT2D eigenvalue weighted by Gasteiger charge is -2.22. The second-order valence-corrected chi connectivity index (χ2v) is 9.47. The van der Waals surface area contributed by atoms with Gasteiger partial charge >= 0.3 is 5.69 Å². The number of nitrogens with zero attached hydrogens (tertiary/aromatic N) is 4. The fraction of sp³-hybridized carbons (Fsp3) is 0.320. The maximum absolute atomic E-state index is 13.3. The van der Waals surface area contributed by atoms with Gasteiger partial charge in [0.1, 0.15) is 6.54 Å². The van der Waals surface area contributed by atoms with Crippen molar-refractivity contribution in [2.75, 3.05) is 5.32 Å². The second-order valence-electron chi connectivity index (χ2n) is 9.04. The van der Waals surface area contributed by atoms with E-state index in [0.717, 1.165) is 30.4 Å². The normalized spacial score (nSPS) is 14.3. The van der Waals surface area contributed by atoms with Crippen LogP contribution < -0.4 is 21.9 Å². The number of amides is 2. The molecule has 0 spiro atoms. The van der Waals surface area contributed by atoms with Gasteiger partial charge in [0.2, 0.25) is 11.7 Å². The third kappa shape index (κ3) is 4.51. The molecule has 0 aliphatic heterocycles. The van der Waals surface area contributed by atoms with Gasteiger partial charge in [0.15, 0.2) is 0 Å². The smallest absolute Gasteiger partial charge is 0.349 e. The highest BCUT2D eigenvalue weighted by Gasteiger charge is 2.20. The average Bonchev–Trinajstić information content (AvgIpc) is 3.20. The summed E-state index contributed by atoms with van der Waals surface area (Å²) in [4.78, 5) is 51.7. The molecule has 1 fully saturated rings. The third-order valence-corrected chi connectivity index (χ3v) is 6.77. The van der Waals surface area contributed by atoms with Crippen LogP contribution in [0.1, 0.15) is 42.5 Å². The molecule has 0 saturated heterocycles. The van der Waals surface area contributed by atoms with Gasteiger partial charge in [-0.3, -0.25) is 19.0 Å². The molecule has 5 rings (SSSR count). The number of carbonyl (C=O) groups is 2. The summed E-state index contributed by atoms with van der Waals surface area (Å²) in [5, 5.41) is 10.8. The minimum atomic E-state index is -0.596. The summed E-state index contributed by atoms with van der Waals surface area (Å²) in [7, 11) is 1.51. The lowest BCUT2D eigenvalue weighted by molar-refractivity contribution is -0.117. The number of aryl methyl sites for hydroxylation is 1. The molecular formula is C25H25ClN6O4. The van der Waals surface area contributed by atoms with Gasteiger partial charge in [0.05, 0.1) is 10.9 Å². The molecule has 2 aromatic heterocycles. The van der Waals surface area contributed by atoms with Crippen molar-refractivity contribution in [2.24, 2.45) is 7.05 Å². The molecule has 36 heavy (non-hydrogen) atoms. The summed E-state index contributed by atoms with van der Waals surface area (Å²) >= 11 is 5.87. The van der Waals surface area contributed by atoms with Crippen LogP contribution in [0.3, 0.4) is 0 Å². The van der Waals surface area contributed by atoms with Crippen molar-refractivity contribution in [3.05, 3.63) is 73.9 Å². The molecule has 0 unspecified atom stereocenters. The molecule has 0 bridgehead atoms. The van der Waals surface area contributed by atoms with Crippen molar-refractivity contribution in [2.45, 2.75) is 44.7 Å². The molecule has 0 atom stereocenters. The van der Waals surface area contributed by atoms with E-state index < -0.39 is 11.6 Å². The Morgan fingerprint density at radius 2 is 1.78 bits per heavy atom. The van der Waals surface area contributed by atoms with Crippen molar-refractivity contribution in [3.63, 3.8) is 0 Å². The highest BCUT2D eigenvalue weighted by atomic mass is 35.5. The number of halogens is 1. The number of carbonyl (C=O) groups excluding carboxylic acids is 2.